The van der Waals surface area contributed by atoms with Gasteiger partial charge in [-0.2, -0.15) is 0 Å². The van der Waals surface area contributed by atoms with E-state index >= 15 is 0 Å². The highest BCUT2D eigenvalue weighted by Gasteiger charge is 2.17. The molecule has 3 heteroatoms. The molecule has 1 unspecified atom stereocenters. The summed E-state index contributed by atoms with van der Waals surface area (Å²) in [6.45, 7) is 6.00. The first-order chi connectivity index (χ1) is 6.64. The zero-order valence-corrected chi connectivity index (χ0v) is 9.12. The predicted molar refractivity (Wildman–Crippen MR) is 57.0 cm³/mol. The van der Waals surface area contributed by atoms with Crippen LogP contribution in [0.3, 0.4) is 0 Å². The van der Waals surface area contributed by atoms with Gasteiger partial charge in [-0.25, -0.2) is 0 Å². The molecular weight excluding hydrogens is 178 g/mol. The van der Waals surface area contributed by atoms with Crippen molar-refractivity contribution in [1.82, 2.24) is 5.32 Å². The number of aliphatic hydroxyl groups excluding tert-OH is 1. The van der Waals surface area contributed by atoms with E-state index in [4.69, 9.17) is 9.84 Å². The zero-order chi connectivity index (χ0) is 10.4. The van der Waals surface area contributed by atoms with Crippen molar-refractivity contribution >= 4 is 0 Å². The van der Waals surface area contributed by atoms with Gasteiger partial charge in [-0.1, -0.05) is 13.8 Å². The third-order valence-corrected chi connectivity index (χ3v) is 2.43. The van der Waals surface area contributed by atoms with Crippen molar-refractivity contribution in [2.75, 3.05) is 19.7 Å². The van der Waals surface area contributed by atoms with Crippen LogP contribution < -0.4 is 5.32 Å². The van der Waals surface area contributed by atoms with Crippen LogP contribution in [0.4, 0.5) is 0 Å². The maximum absolute atomic E-state index is 9.05. The molecule has 1 aliphatic heterocycles. The minimum atomic E-state index is -0.0372. The van der Waals surface area contributed by atoms with Crippen molar-refractivity contribution in [2.45, 2.75) is 32.8 Å². The molecule has 3 nitrogen and oxygen atoms in total. The molecule has 1 rings (SSSR count). The zero-order valence-electron chi connectivity index (χ0n) is 9.12. The van der Waals surface area contributed by atoms with Gasteiger partial charge in [-0.05, 0) is 18.9 Å². The van der Waals surface area contributed by atoms with Gasteiger partial charge < -0.3 is 15.2 Å². The summed E-state index contributed by atoms with van der Waals surface area (Å²) in [6, 6.07) is 0. The Morgan fingerprint density at radius 3 is 2.93 bits per heavy atom. The van der Waals surface area contributed by atoms with Crippen molar-refractivity contribution in [1.29, 1.82) is 0 Å². The van der Waals surface area contributed by atoms with Crippen LogP contribution >= 0.6 is 0 Å². The number of hydrogen-bond donors (Lipinski definition) is 2. The van der Waals surface area contributed by atoms with Gasteiger partial charge in [-0.15, -0.1) is 0 Å². The topological polar surface area (TPSA) is 41.5 Å². The molecule has 0 amide bonds. The molecule has 0 spiro atoms. The van der Waals surface area contributed by atoms with Gasteiger partial charge >= 0.3 is 0 Å². The van der Waals surface area contributed by atoms with Crippen LogP contribution in [-0.4, -0.2) is 30.9 Å². The van der Waals surface area contributed by atoms with Crippen LogP contribution in [0, 0.1) is 5.41 Å². The third-order valence-electron chi connectivity index (χ3n) is 2.43. The van der Waals surface area contributed by atoms with Crippen LogP contribution in [0.15, 0.2) is 12.3 Å². The second-order valence-corrected chi connectivity index (χ2v) is 4.66. The van der Waals surface area contributed by atoms with Gasteiger partial charge in [0.1, 0.15) is 6.10 Å². The van der Waals surface area contributed by atoms with E-state index in [2.05, 4.69) is 5.32 Å². The van der Waals surface area contributed by atoms with Gasteiger partial charge in [0.2, 0.25) is 0 Å². The average Bonchev–Trinajstić information content (AvgIpc) is 2.19. The molecule has 0 fully saturated rings. The van der Waals surface area contributed by atoms with E-state index < -0.39 is 0 Å². The third kappa shape index (κ3) is 4.11. The van der Waals surface area contributed by atoms with E-state index in [1.807, 2.05) is 19.9 Å². The van der Waals surface area contributed by atoms with Crippen molar-refractivity contribution in [3.05, 3.63) is 12.3 Å². The summed E-state index contributed by atoms with van der Waals surface area (Å²) in [5.41, 5.74) is -0.0372. The van der Waals surface area contributed by atoms with E-state index in [9.17, 15) is 0 Å². The van der Waals surface area contributed by atoms with Gasteiger partial charge in [0.25, 0.3) is 0 Å². The van der Waals surface area contributed by atoms with E-state index in [1.165, 1.54) is 0 Å². The molecule has 0 aromatic rings. The van der Waals surface area contributed by atoms with Crippen LogP contribution in [0.5, 0.6) is 0 Å². The Morgan fingerprint density at radius 2 is 2.36 bits per heavy atom. The summed E-state index contributed by atoms with van der Waals surface area (Å²) in [7, 11) is 0. The van der Waals surface area contributed by atoms with Crippen molar-refractivity contribution in [2.24, 2.45) is 5.41 Å². The minimum Gasteiger partial charge on any atom is -0.497 e. The molecule has 0 saturated carbocycles. The Morgan fingerprint density at radius 1 is 1.57 bits per heavy atom. The SMILES string of the molecule is CC(C)(CO)CNCC1CCC=CO1. The molecule has 82 valence electrons. The lowest BCUT2D eigenvalue weighted by Crippen LogP contribution is -2.37. The van der Waals surface area contributed by atoms with Crippen molar-refractivity contribution in [3.8, 4) is 0 Å². The summed E-state index contributed by atoms with van der Waals surface area (Å²) in [4.78, 5) is 0. The molecule has 1 atom stereocenters. The summed E-state index contributed by atoms with van der Waals surface area (Å²) in [6.07, 6.45) is 6.33. The molecule has 1 heterocycles. The van der Waals surface area contributed by atoms with Gasteiger partial charge in [-0.3, -0.25) is 0 Å². The Labute approximate surface area is 86.2 Å². The van der Waals surface area contributed by atoms with Crippen LogP contribution in [-0.2, 0) is 4.74 Å². The Bertz CT molecular complexity index is 190. The van der Waals surface area contributed by atoms with Gasteiger partial charge in [0.05, 0.1) is 6.26 Å². The monoisotopic (exact) mass is 199 g/mol. The Kier molecular flexibility index (Phi) is 4.42. The standard InChI is InChI=1S/C11H21NO2/c1-11(2,9-13)8-12-7-10-5-3-4-6-14-10/h4,6,10,12-13H,3,5,7-9H2,1-2H3. The molecule has 2 N–H and O–H groups in total. The first-order valence-corrected chi connectivity index (χ1v) is 5.26. The molecule has 14 heavy (non-hydrogen) atoms. The van der Waals surface area contributed by atoms with E-state index in [0.29, 0.717) is 6.10 Å². The predicted octanol–water partition coefficient (Wildman–Crippen LogP) is 1.29. The molecule has 0 aromatic carbocycles. The number of hydrogen-bond acceptors (Lipinski definition) is 3. The second kappa shape index (κ2) is 5.37. The van der Waals surface area contributed by atoms with Gasteiger partial charge in [0, 0.05) is 25.1 Å². The lowest BCUT2D eigenvalue weighted by Gasteiger charge is -2.25. The van der Waals surface area contributed by atoms with E-state index in [0.717, 1.165) is 25.9 Å². The fraction of sp³-hybridized carbons (Fsp3) is 0.818. The summed E-state index contributed by atoms with van der Waals surface area (Å²) in [5, 5.41) is 12.4. The molecule has 1 aliphatic rings. The number of aliphatic hydroxyl groups is 1. The van der Waals surface area contributed by atoms with E-state index in [-0.39, 0.29) is 12.0 Å². The molecular formula is C11H21NO2. The highest BCUT2D eigenvalue weighted by molar-refractivity contribution is 4.83. The fourth-order valence-corrected chi connectivity index (χ4v) is 1.36. The van der Waals surface area contributed by atoms with Crippen LogP contribution in [0.25, 0.3) is 0 Å². The minimum absolute atomic E-state index is 0.0372. The maximum atomic E-state index is 9.05. The average molecular weight is 199 g/mol. The first-order valence-electron chi connectivity index (χ1n) is 5.26. The first kappa shape index (κ1) is 11.5. The molecule has 0 radical (unpaired) electrons. The fourth-order valence-electron chi connectivity index (χ4n) is 1.36. The lowest BCUT2D eigenvalue weighted by atomic mass is 9.95. The normalized spacial score (nSPS) is 22.1. The molecule has 0 aliphatic carbocycles. The lowest BCUT2D eigenvalue weighted by molar-refractivity contribution is 0.110. The summed E-state index contributed by atoms with van der Waals surface area (Å²) in [5.74, 6) is 0. The number of rotatable bonds is 5. The molecule has 0 aromatic heterocycles. The van der Waals surface area contributed by atoms with Crippen LogP contribution in [0.1, 0.15) is 26.7 Å². The number of nitrogens with one attached hydrogen (secondary N) is 1. The van der Waals surface area contributed by atoms with Crippen molar-refractivity contribution < 1.29 is 9.84 Å². The summed E-state index contributed by atoms with van der Waals surface area (Å²) >= 11 is 0. The number of allylic oxidation sites excluding steroid dienone is 1. The largest absolute Gasteiger partial charge is 0.497 e. The quantitative estimate of drug-likeness (QED) is 0.701. The highest BCUT2D eigenvalue weighted by atomic mass is 16.5. The van der Waals surface area contributed by atoms with Crippen LogP contribution in [0.2, 0.25) is 0 Å². The maximum Gasteiger partial charge on any atom is 0.110 e. The van der Waals surface area contributed by atoms with E-state index in [1.54, 1.807) is 6.26 Å². The van der Waals surface area contributed by atoms with Gasteiger partial charge in [0.15, 0.2) is 0 Å². The molecule has 0 bridgehead atoms. The highest BCUT2D eigenvalue weighted by Crippen LogP contribution is 2.12. The summed E-state index contributed by atoms with van der Waals surface area (Å²) < 4.78 is 5.42. The molecule has 0 saturated heterocycles. The Balaban J connectivity index is 2.11. The number of ether oxygens (including phenoxy) is 1. The second-order valence-electron chi connectivity index (χ2n) is 4.66. The van der Waals surface area contributed by atoms with Crippen molar-refractivity contribution in [3.63, 3.8) is 0 Å². The Hall–Kier alpha value is -0.540. The smallest absolute Gasteiger partial charge is 0.110 e.